The Balaban J connectivity index is -0.000000205. The molecule has 1 atom stereocenters. The SMILES string of the molecule is CC.CCC.CCCC(CC)C(C)C. The molecule has 0 saturated carbocycles. The maximum absolute atomic E-state index is 2.32. The van der Waals surface area contributed by atoms with Crippen LogP contribution >= 0.6 is 0 Å². The summed E-state index contributed by atoms with van der Waals surface area (Å²) in [4.78, 5) is 0. The summed E-state index contributed by atoms with van der Waals surface area (Å²) in [5.74, 6) is 1.85. The van der Waals surface area contributed by atoms with Gasteiger partial charge in [0.05, 0.1) is 0 Å². The van der Waals surface area contributed by atoms with Gasteiger partial charge in [0.1, 0.15) is 0 Å². The lowest BCUT2D eigenvalue weighted by atomic mass is 9.89. The lowest BCUT2D eigenvalue weighted by molar-refractivity contribution is 0.346. The predicted octanol–water partition coefficient (Wildman–Crippen LogP) is 5.91. The van der Waals surface area contributed by atoms with E-state index in [1.54, 1.807) is 0 Å². The van der Waals surface area contributed by atoms with E-state index in [1.807, 2.05) is 13.8 Å². The predicted molar refractivity (Wildman–Crippen MR) is 70.8 cm³/mol. The third kappa shape index (κ3) is 17.9. The van der Waals surface area contributed by atoms with Gasteiger partial charge in [-0.1, -0.05) is 81.1 Å². The van der Waals surface area contributed by atoms with Crippen LogP contribution in [0.5, 0.6) is 0 Å². The molecule has 0 aromatic rings. The Hall–Kier alpha value is 0. The Morgan fingerprint density at radius 2 is 1.21 bits per heavy atom. The quantitative estimate of drug-likeness (QED) is 0.531. The van der Waals surface area contributed by atoms with Crippen LogP contribution in [0, 0.1) is 11.8 Å². The fraction of sp³-hybridized carbons (Fsp3) is 1.00. The number of hydrogen-bond acceptors (Lipinski definition) is 0. The van der Waals surface area contributed by atoms with E-state index in [2.05, 4.69) is 41.5 Å². The van der Waals surface area contributed by atoms with Gasteiger partial charge in [0.15, 0.2) is 0 Å². The Morgan fingerprint density at radius 3 is 1.29 bits per heavy atom. The van der Waals surface area contributed by atoms with E-state index >= 15 is 0 Å². The van der Waals surface area contributed by atoms with Crippen molar-refractivity contribution in [1.82, 2.24) is 0 Å². The highest BCUT2D eigenvalue weighted by atomic mass is 14.1. The van der Waals surface area contributed by atoms with E-state index in [0.717, 1.165) is 11.8 Å². The Labute approximate surface area is 93.5 Å². The van der Waals surface area contributed by atoms with Crippen LogP contribution in [-0.4, -0.2) is 0 Å². The maximum Gasteiger partial charge on any atom is -0.0394 e. The Kier molecular flexibility index (Phi) is 26.1. The Bertz CT molecular complexity index is 64.4. The van der Waals surface area contributed by atoms with Crippen molar-refractivity contribution in [3.05, 3.63) is 0 Å². The van der Waals surface area contributed by atoms with Crippen LogP contribution in [0.25, 0.3) is 0 Å². The molecular formula is C14H34. The van der Waals surface area contributed by atoms with Crippen molar-refractivity contribution in [2.75, 3.05) is 0 Å². The first kappa shape index (κ1) is 19.6. The van der Waals surface area contributed by atoms with Gasteiger partial charge in [0.2, 0.25) is 0 Å². The molecule has 0 spiro atoms. The molecule has 0 rings (SSSR count). The average molecular weight is 202 g/mol. The standard InChI is InChI=1S/C9H20.C3H8.C2H6/c1-5-7-9(6-2)8(3)4;1-3-2;1-2/h8-9H,5-7H2,1-4H3;3H2,1-2H3;1-2H3. The van der Waals surface area contributed by atoms with E-state index in [0.29, 0.717) is 0 Å². The zero-order chi connectivity index (χ0) is 12.0. The molecule has 0 bridgehead atoms. The molecule has 0 heteroatoms. The van der Waals surface area contributed by atoms with Crippen LogP contribution in [-0.2, 0) is 0 Å². The van der Waals surface area contributed by atoms with Crippen molar-refractivity contribution in [3.63, 3.8) is 0 Å². The highest BCUT2D eigenvalue weighted by Crippen LogP contribution is 2.19. The number of rotatable bonds is 4. The molecular weight excluding hydrogens is 168 g/mol. The summed E-state index contributed by atoms with van der Waals surface area (Å²) in [5.41, 5.74) is 0. The zero-order valence-electron chi connectivity index (χ0n) is 12.0. The third-order valence-electron chi connectivity index (χ3n) is 2.13. The van der Waals surface area contributed by atoms with E-state index < -0.39 is 0 Å². The first-order valence-corrected chi connectivity index (χ1v) is 6.63. The highest BCUT2D eigenvalue weighted by molar-refractivity contribution is 4.59. The third-order valence-corrected chi connectivity index (χ3v) is 2.13. The van der Waals surface area contributed by atoms with Crippen molar-refractivity contribution >= 4 is 0 Å². The molecule has 14 heavy (non-hydrogen) atoms. The highest BCUT2D eigenvalue weighted by Gasteiger charge is 2.08. The smallest absolute Gasteiger partial charge is 0.0394 e. The van der Waals surface area contributed by atoms with Gasteiger partial charge in [0.25, 0.3) is 0 Å². The van der Waals surface area contributed by atoms with E-state index in [1.165, 1.54) is 25.7 Å². The average Bonchev–Trinajstić information content (AvgIpc) is 2.18. The minimum atomic E-state index is 0.884. The van der Waals surface area contributed by atoms with E-state index in [-0.39, 0.29) is 0 Å². The zero-order valence-corrected chi connectivity index (χ0v) is 12.0. The first-order valence-electron chi connectivity index (χ1n) is 6.63. The lowest BCUT2D eigenvalue weighted by Gasteiger charge is -2.17. The summed E-state index contributed by atoms with van der Waals surface area (Å²) in [6, 6.07) is 0. The Morgan fingerprint density at radius 1 is 0.857 bits per heavy atom. The fourth-order valence-corrected chi connectivity index (χ4v) is 1.38. The van der Waals surface area contributed by atoms with Crippen molar-refractivity contribution < 1.29 is 0 Å². The molecule has 90 valence electrons. The second kappa shape index (κ2) is 18.7. The first-order chi connectivity index (χ1) is 6.63. The fourth-order valence-electron chi connectivity index (χ4n) is 1.38. The van der Waals surface area contributed by atoms with Gasteiger partial charge in [-0.3, -0.25) is 0 Å². The normalized spacial score (nSPS) is 10.9. The molecule has 0 saturated heterocycles. The van der Waals surface area contributed by atoms with Gasteiger partial charge >= 0.3 is 0 Å². The van der Waals surface area contributed by atoms with Crippen LogP contribution < -0.4 is 0 Å². The molecule has 0 radical (unpaired) electrons. The van der Waals surface area contributed by atoms with Gasteiger partial charge in [-0.15, -0.1) is 0 Å². The monoisotopic (exact) mass is 202 g/mol. The van der Waals surface area contributed by atoms with Crippen LogP contribution in [0.1, 0.15) is 81.1 Å². The van der Waals surface area contributed by atoms with Crippen molar-refractivity contribution in [1.29, 1.82) is 0 Å². The van der Waals surface area contributed by atoms with Crippen LogP contribution in [0.2, 0.25) is 0 Å². The minimum Gasteiger partial charge on any atom is -0.0683 e. The molecule has 0 aliphatic carbocycles. The van der Waals surface area contributed by atoms with Gasteiger partial charge in [0, 0.05) is 0 Å². The molecule has 0 nitrogen and oxygen atoms in total. The molecule has 0 aromatic carbocycles. The van der Waals surface area contributed by atoms with Gasteiger partial charge in [-0.25, -0.2) is 0 Å². The molecule has 1 unspecified atom stereocenters. The van der Waals surface area contributed by atoms with Crippen LogP contribution in [0.15, 0.2) is 0 Å². The molecule has 0 heterocycles. The largest absolute Gasteiger partial charge is 0.0683 e. The van der Waals surface area contributed by atoms with Gasteiger partial charge in [-0.2, -0.15) is 0 Å². The van der Waals surface area contributed by atoms with Crippen molar-refractivity contribution in [3.8, 4) is 0 Å². The maximum atomic E-state index is 2.32. The summed E-state index contributed by atoms with van der Waals surface area (Å²) in [6.45, 7) is 17.5. The lowest BCUT2D eigenvalue weighted by Crippen LogP contribution is -2.06. The van der Waals surface area contributed by atoms with E-state index in [9.17, 15) is 0 Å². The molecule has 0 aliphatic rings. The topological polar surface area (TPSA) is 0 Å². The van der Waals surface area contributed by atoms with Crippen LogP contribution in [0.3, 0.4) is 0 Å². The summed E-state index contributed by atoms with van der Waals surface area (Å²) in [5, 5.41) is 0. The molecule has 0 amide bonds. The van der Waals surface area contributed by atoms with Gasteiger partial charge < -0.3 is 0 Å². The molecule has 0 aliphatic heterocycles. The molecule has 0 fully saturated rings. The summed E-state index contributed by atoms with van der Waals surface area (Å²) >= 11 is 0. The second-order valence-corrected chi connectivity index (χ2v) is 3.91. The summed E-state index contributed by atoms with van der Waals surface area (Å²) in [7, 11) is 0. The molecule has 0 N–H and O–H groups in total. The van der Waals surface area contributed by atoms with Crippen LogP contribution in [0.4, 0.5) is 0 Å². The van der Waals surface area contributed by atoms with Crippen molar-refractivity contribution in [2.24, 2.45) is 11.8 Å². The van der Waals surface area contributed by atoms with E-state index in [4.69, 9.17) is 0 Å². The number of hydrogen-bond donors (Lipinski definition) is 0. The summed E-state index contributed by atoms with van der Waals surface area (Å²) < 4.78 is 0. The molecule has 0 aromatic heterocycles. The summed E-state index contributed by atoms with van der Waals surface area (Å²) in [6.07, 6.45) is 5.36. The minimum absolute atomic E-state index is 0.884. The van der Waals surface area contributed by atoms with Gasteiger partial charge in [-0.05, 0) is 11.8 Å². The second-order valence-electron chi connectivity index (χ2n) is 3.91. The van der Waals surface area contributed by atoms with Crippen molar-refractivity contribution in [2.45, 2.75) is 81.1 Å².